The van der Waals surface area contributed by atoms with Crippen LogP contribution in [-0.2, 0) is 12.8 Å². The molecule has 0 aliphatic carbocycles. The van der Waals surface area contributed by atoms with Crippen LogP contribution in [0.1, 0.15) is 29.5 Å². The highest BCUT2D eigenvalue weighted by molar-refractivity contribution is 7.07. The Morgan fingerprint density at radius 1 is 1.11 bits per heavy atom. The van der Waals surface area contributed by atoms with E-state index in [0.717, 1.165) is 6.42 Å². The molecule has 0 aliphatic rings. The molecular formula is C17H23NS. The summed E-state index contributed by atoms with van der Waals surface area (Å²) in [7, 11) is 2.08. The highest BCUT2D eigenvalue weighted by atomic mass is 32.1. The van der Waals surface area contributed by atoms with E-state index in [1.54, 1.807) is 11.3 Å². The van der Waals surface area contributed by atoms with Gasteiger partial charge in [-0.1, -0.05) is 29.8 Å². The van der Waals surface area contributed by atoms with E-state index in [1.807, 2.05) is 0 Å². The molecule has 0 saturated heterocycles. The van der Waals surface area contributed by atoms with Crippen LogP contribution in [0.3, 0.4) is 0 Å². The first kappa shape index (κ1) is 14.3. The van der Waals surface area contributed by atoms with Crippen LogP contribution in [0.5, 0.6) is 0 Å². The Morgan fingerprint density at radius 2 is 1.89 bits per heavy atom. The van der Waals surface area contributed by atoms with Crippen LogP contribution in [0.15, 0.2) is 41.1 Å². The molecule has 0 bridgehead atoms. The minimum atomic E-state index is 0.611. The van der Waals surface area contributed by atoms with E-state index in [1.165, 1.54) is 36.0 Å². The van der Waals surface area contributed by atoms with Gasteiger partial charge in [0.15, 0.2) is 0 Å². The van der Waals surface area contributed by atoms with Crippen LogP contribution in [-0.4, -0.2) is 13.1 Å². The molecule has 2 aromatic rings. The lowest BCUT2D eigenvalue weighted by Crippen LogP contribution is -2.26. The zero-order valence-electron chi connectivity index (χ0n) is 11.9. The Balaban J connectivity index is 1.79. The van der Waals surface area contributed by atoms with Crippen LogP contribution in [0.25, 0.3) is 0 Å². The SMILES string of the molecule is CNC(CCc1ccsc1)CCc1cccc(C)c1. The third kappa shape index (κ3) is 4.81. The van der Waals surface area contributed by atoms with Crippen molar-refractivity contribution in [3.05, 3.63) is 57.8 Å². The number of aryl methyl sites for hydroxylation is 3. The van der Waals surface area contributed by atoms with Gasteiger partial charge in [-0.05, 0) is 67.6 Å². The van der Waals surface area contributed by atoms with Gasteiger partial charge in [0.25, 0.3) is 0 Å². The quantitative estimate of drug-likeness (QED) is 0.797. The molecule has 0 amide bonds. The van der Waals surface area contributed by atoms with Gasteiger partial charge < -0.3 is 5.32 Å². The van der Waals surface area contributed by atoms with Gasteiger partial charge in [0, 0.05) is 6.04 Å². The third-order valence-electron chi connectivity index (χ3n) is 3.63. The predicted molar refractivity (Wildman–Crippen MR) is 85.0 cm³/mol. The second-order valence-electron chi connectivity index (χ2n) is 5.18. The summed E-state index contributed by atoms with van der Waals surface area (Å²) in [4.78, 5) is 0. The summed E-state index contributed by atoms with van der Waals surface area (Å²) in [6, 6.07) is 11.7. The Hall–Kier alpha value is -1.12. The highest BCUT2D eigenvalue weighted by Gasteiger charge is 2.07. The first-order valence-electron chi connectivity index (χ1n) is 7.02. The molecular weight excluding hydrogens is 250 g/mol. The van der Waals surface area contributed by atoms with Crippen molar-refractivity contribution in [2.24, 2.45) is 0 Å². The zero-order valence-corrected chi connectivity index (χ0v) is 12.7. The van der Waals surface area contributed by atoms with Gasteiger partial charge in [-0.25, -0.2) is 0 Å². The maximum Gasteiger partial charge on any atom is 0.00704 e. The third-order valence-corrected chi connectivity index (χ3v) is 4.37. The number of thiophene rings is 1. The Labute approximate surface area is 120 Å². The Morgan fingerprint density at radius 3 is 2.53 bits per heavy atom. The molecule has 102 valence electrons. The molecule has 1 atom stereocenters. The first-order chi connectivity index (χ1) is 9.28. The fourth-order valence-corrected chi connectivity index (χ4v) is 3.12. The van der Waals surface area contributed by atoms with Crippen molar-refractivity contribution in [3.63, 3.8) is 0 Å². The van der Waals surface area contributed by atoms with Crippen LogP contribution in [0.2, 0.25) is 0 Å². The second-order valence-corrected chi connectivity index (χ2v) is 5.96. The average Bonchev–Trinajstić information content (AvgIpc) is 2.92. The predicted octanol–water partition coefficient (Wildman–Crippen LogP) is 4.21. The van der Waals surface area contributed by atoms with Crippen molar-refractivity contribution < 1.29 is 0 Å². The summed E-state index contributed by atoms with van der Waals surface area (Å²) in [5.74, 6) is 0. The lowest BCUT2D eigenvalue weighted by atomic mass is 9.99. The van der Waals surface area contributed by atoms with E-state index in [4.69, 9.17) is 0 Å². The molecule has 1 aromatic heterocycles. The van der Waals surface area contributed by atoms with Gasteiger partial charge in [0.1, 0.15) is 0 Å². The maximum absolute atomic E-state index is 3.45. The molecule has 1 unspecified atom stereocenters. The number of benzene rings is 1. The fraction of sp³-hybridized carbons (Fsp3) is 0.412. The van der Waals surface area contributed by atoms with Crippen molar-refractivity contribution in [2.75, 3.05) is 7.05 Å². The lowest BCUT2D eigenvalue weighted by molar-refractivity contribution is 0.489. The molecule has 0 saturated carbocycles. The highest BCUT2D eigenvalue weighted by Crippen LogP contribution is 2.13. The van der Waals surface area contributed by atoms with Gasteiger partial charge in [-0.2, -0.15) is 11.3 Å². The largest absolute Gasteiger partial charge is 0.317 e. The van der Waals surface area contributed by atoms with Gasteiger partial charge in [-0.15, -0.1) is 0 Å². The normalized spacial score (nSPS) is 12.5. The molecule has 0 aliphatic heterocycles. The molecule has 19 heavy (non-hydrogen) atoms. The Kier molecular flexibility index (Phi) is 5.62. The second kappa shape index (κ2) is 7.46. The molecule has 1 N–H and O–H groups in total. The summed E-state index contributed by atoms with van der Waals surface area (Å²) >= 11 is 1.79. The number of rotatable bonds is 7. The van der Waals surface area contributed by atoms with Gasteiger partial charge in [-0.3, -0.25) is 0 Å². The van der Waals surface area contributed by atoms with Gasteiger partial charge >= 0.3 is 0 Å². The van der Waals surface area contributed by atoms with Gasteiger partial charge in [0.05, 0.1) is 0 Å². The lowest BCUT2D eigenvalue weighted by Gasteiger charge is -2.16. The van der Waals surface area contributed by atoms with Crippen molar-refractivity contribution in [1.82, 2.24) is 5.32 Å². The van der Waals surface area contributed by atoms with E-state index in [0.29, 0.717) is 6.04 Å². The monoisotopic (exact) mass is 273 g/mol. The summed E-state index contributed by atoms with van der Waals surface area (Å²) < 4.78 is 0. The Bertz CT molecular complexity index is 476. The van der Waals surface area contributed by atoms with Crippen molar-refractivity contribution in [2.45, 2.75) is 38.6 Å². The van der Waals surface area contributed by atoms with Crippen molar-refractivity contribution in [3.8, 4) is 0 Å². The van der Waals surface area contributed by atoms with E-state index in [2.05, 4.69) is 60.4 Å². The van der Waals surface area contributed by atoms with Crippen molar-refractivity contribution in [1.29, 1.82) is 0 Å². The first-order valence-corrected chi connectivity index (χ1v) is 7.96. The summed E-state index contributed by atoms with van der Waals surface area (Å²) in [5.41, 5.74) is 4.29. The van der Waals surface area contributed by atoms with E-state index >= 15 is 0 Å². The van der Waals surface area contributed by atoms with Crippen molar-refractivity contribution >= 4 is 11.3 Å². The standard InChI is InChI=1S/C17H23NS/c1-14-4-3-5-15(12-14)6-8-17(18-2)9-7-16-10-11-19-13-16/h3-5,10-13,17-18H,6-9H2,1-2H3. The summed E-state index contributed by atoms with van der Waals surface area (Å²) in [6.07, 6.45) is 4.78. The molecule has 1 aromatic carbocycles. The van der Waals surface area contributed by atoms with Gasteiger partial charge in [0.2, 0.25) is 0 Å². The molecule has 2 heteroatoms. The molecule has 0 radical (unpaired) electrons. The number of hydrogen-bond acceptors (Lipinski definition) is 2. The number of nitrogens with one attached hydrogen (secondary N) is 1. The molecule has 0 fully saturated rings. The van der Waals surface area contributed by atoms with E-state index in [-0.39, 0.29) is 0 Å². The minimum absolute atomic E-state index is 0.611. The molecule has 2 rings (SSSR count). The minimum Gasteiger partial charge on any atom is -0.317 e. The molecule has 1 heterocycles. The molecule has 1 nitrogen and oxygen atoms in total. The molecule has 0 spiro atoms. The summed E-state index contributed by atoms with van der Waals surface area (Å²) in [6.45, 7) is 2.16. The maximum atomic E-state index is 3.45. The van der Waals surface area contributed by atoms with Crippen LogP contribution < -0.4 is 5.32 Å². The van der Waals surface area contributed by atoms with E-state index in [9.17, 15) is 0 Å². The smallest absolute Gasteiger partial charge is 0.00704 e. The number of hydrogen-bond donors (Lipinski definition) is 1. The van der Waals surface area contributed by atoms with Crippen LogP contribution in [0.4, 0.5) is 0 Å². The van der Waals surface area contributed by atoms with Crippen LogP contribution >= 0.6 is 11.3 Å². The average molecular weight is 273 g/mol. The van der Waals surface area contributed by atoms with Crippen LogP contribution in [0, 0.1) is 6.92 Å². The van der Waals surface area contributed by atoms with E-state index < -0.39 is 0 Å². The fourth-order valence-electron chi connectivity index (χ4n) is 2.42. The topological polar surface area (TPSA) is 12.0 Å². The summed E-state index contributed by atoms with van der Waals surface area (Å²) in [5, 5.41) is 7.87. The zero-order chi connectivity index (χ0) is 13.5.